The molecule has 0 aromatic heterocycles. The number of benzene rings is 1. The molecule has 0 bridgehead atoms. The molecule has 0 aliphatic rings. The Balaban J connectivity index is 0.00000484. The summed E-state index contributed by atoms with van der Waals surface area (Å²) in [6, 6.07) is 4.47. The van der Waals surface area contributed by atoms with E-state index >= 15 is 0 Å². The van der Waals surface area contributed by atoms with Gasteiger partial charge in [0.15, 0.2) is 0 Å². The molecule has 0 aliphatic carbocycles. The van der Waals surface area contributed by atoms with Crippen LogP contribution >= 0.6 is 12.4 Å². The van der Waals surface area contributed by atoms with Gasteiger partial charge < -0.3 is 10.6 Å². The number of nitrogens with two attached hydrogens (primary N) is 1. The third-order valence-electron chi connectivity index (χ3n) is 3.23. The quantitative estimate of drug-likeness (QED) is 0.832. The summed E-state index contributed by atoms with van der Waals surface area (Å²) in [6.45, 7) is 4.64. The summed E-state index contributed by atoms with van der Waals surface area (Å²) in [5, 5.41) is 0. The van der Waals surface area contributed by atoms with Gasteiger partial charge in [-0.3, -0.25) is 4.79 Å². The minimum Gasteiger partial charge on any atom is -0.341 e. The fourth-order valence-corrected chi connectivity index (χ4v) is 2.61. The summed E-state index contributed by atoms with van der Waals surface area (Å²) in [6.07, 6.45) is 0. The van der Waals surface area contributed by atoms with Gasteiger partial charge in [0.25, 0.3) is 5.91 Å². The van der Waals surface area contributed by atoms with Crippen LogP contribution in [-0.4, -0.2) is 45.1 Å². The van der Waals surface area contributed by atoms with E-state index < -0.39 is 20.5 Å². The zero-order valence-corrected chi connectivity index (χ0v) is 14.8. The van der Waals surface area contributed by atoms with Crippen molar-refractivity contribution in [3.05, 3.63) is 29.8 Å². The third kappa shape index (κ3) is 5.40. The molecule has 0 heterocycles. The summed E-state index contributed by atoms with van der Waals surface area (Å²) < 4.78 is 47.5. The van der Waals surface area contributed by atoms with E-state index in [1.807, 2.05) is 13.8 Å². The van der Waals surface area contributed by atoms with Crippen molar-refractivity contribution in [1.82, 2.24) is 4.90 Å². The molecule has 0 aliphatic heterocycles. The maximum atomic E-state index is 12.4. The highest BCUT2D eigenvalue weighted by Crippen LogP contribution is 2.20. The first-order chi connectivity index (χ1) is 10.0. The van der Waals surface area contributed by atoms with E-state index in [1.165, 1.54) is 17.0 Å². The molecule has 0 spiro atoms. The van der Waals surface area contributed by atoms with Crippen LogP contribution in [0, 0.1) is 5.41 Å². The van der Waals surface area contributed by atoms with Gasteiger partial charge in [-0.1, -0.05) is 13.8 Å². The number of amides is 1. The van der Waals surface area contributed by atoms with Crippen molar-refractivity contribution < 1.29 is 22.0 Å². The average molecular weight is 371 g/mol. The van der Waals surface area contributed by atoms with E-state index in [9.17, 15) is 22.0 Å². The number of hydrogen-bond acceptors (Lipinski definition) is 4. The predicted molar refractivity (Wildman–Crippen MR) is 86.7 cm³/mol. The van der Waals surface area contributed by atoms with Gasteiger partial charge in [0.1, 0.15) is 0 Å². The molecule has 0 saturated carbocycles. The second-order valence-electron chi connectivity index (χ2n) is 5.86. The van der Waals surface area contributed by atoms with Crippen LogP contribution in [0.3, 0.4) is 0 Å². The zero-order chi connectivity index (χ0) is 17.1. The van der Waals surface area contributed by atoms with Gasteiger partial charge in [-0.15, -0.1) is 12.4 Å². The highest BCUT2D eigenvalue weighted by molar-refractivity contribution is 7.91. The van der Waals surface area contributed by atoms with Crippen molar-refractivity contribution in [3.8, 4) is 0 Å². The second-order valence-corrected chi connectivity index (χ2v) is 7.78. The fourth-order valence-electron chi connectivity index (χ4n) is 1.89. The van der Waals surface area contributed by atoms with Crippen LogP contribution in [-0.2, 0) is 9.84 Å². The molecule has 0 atom stereocenters. The SMILES string of the molecule is CN(CC(C)(C)CN)C(=O)c1ccc(S(=O)(=O)C(F)F)cc1.Cl. The van der Waals surface area contributed by atoms with Gasteiger partial charge in [0, 0.05) is 19.2 Å². The van der Waals surface area contributed by atoms with Crippen molar-refractivity contribution in [3.63, 3.8) is 0 Å². The van der Waals surface area contributed by atoms with Crippen molar-refractivity contribution in [2.24, 2.45) is 11.1 Å². The van der Waals surface area contributed by atoms with E-state index in [4.69, 9.17) is 5.73 Å². The molecule has 9 heteroatoms. The lowest BCUT2D eigenvalue weighted by Gasteiger charge is -2.29. The number of halogens is 3. The Morgan fingerprint density at radius 2 is 1.74 bits per heavy atom. The van der Waals surface area contributed by atoms with Crippen LogP contribution in [0.25, 0.3) is 0 Å². The molecular weight excluding hydrogens is 350 g/mol. The number of sulfone groups is 1. The molecular formula is C14H21ClF2N2O3S. The molecule has 0 unspecified atom stereocenters. The first kappa shape index (κ1) is 21.8. The van der Waals surface area contributed by atoms with Crippen LogP contribution in [0.15, 0.2) is 29.2 Å². The molecule has 2 N–H and O–H groups in total. The minimum atomic E-state index is -4.65. The van der Waals surface area contributed by atoms with E-state index in [1.54, 1.807) is 7.05 Å². The first-order valence-corrected chi connectivity index (χ1v) is 8.13. The molecule has 1 amide bonds. The first-order valence-electron chi connectivity index (χ1n) is 6.59. The molecule has 132 valence electrons. The van der Waals surface area contributed by atoms with Gasteiger partial charge >= 0.3 is 5.76 Å². The average Bonchev–Trinajstić information content (AvgIpc) is 2.46. The normalized spacial score (nSPS) is 12.0. The standard InChI is InChI=1S/C14H20F2N2O3S.ClH/c1-14(2,8-17)9-18(3)12(19)10-4-6-11(7-5-10)22(20,21)13(15)16;/h4-7,13H,8-9,17H2,1-3H3;1H. The molecule has 23 heavy (non-hydrogen) atoms. The van der Waals surface area contributed by atoms with Gasteiger partial charge in [-0.2, -0.15) is 8.78 Å². The van der Waals surface area contributed by atoms with Crippen molar-refractivity contribution in [1.29, 1.82) is 0 Å². The van der Waals surface area contributed by atoms with Crippen LogP contribution in [0.5, 0.6) is 0 Å². The van der Waals surface area contributed by atoms with E-state index in [-0.39, 0.29) is 29.3 Å². The zero-order valence-electron chi connectivity index (χ0n) is 13.1. The Bertz CT molecular complexity index is 634. The number of rotatable bonds is 6. The van der Waals surface area contributed by atoms with E-state index in [2.05, 4.69) is 0 Å². The summed E-state index contributed by atoms with van der Waals surface area (Å²) >= 11 is 0. The van der Waals surface area contributed by atoms with Crippen molar-refractivity contribution in [2.45, 2.75) is 24.5 Å². The molecule has 5 nitrogen and oxygen atoms in total. The maximum Gasteiger partial charge on any atom is 0.341 e. The minimum absolute atomic E-state index is 0. The topological polar surface area (TPSA) is 80.5 Å². The number of nitrogens with zero attached hydrogens (tertiary/aromatic N) is 1. The lowest BCUT2D eigenvalue weighted by Crippen LogP contribution is -2.39. The van der Waals surface area contributed by atoms with Crippen LogP contribution in [0.1, 0.15) is 24.2 Å². The van der Waals surface area contributed by atoms with Crippen LogP contribution in [0.2, 0.25) is 0 Å². The van der Waals surface area contributed by atoms with Gasteiger partial charge in [-0.25, -0.2) is 8.42 Å². The summed E-state index contributed by atoms with van der Waals surface area (Å²) in [5.74, 6) is -3.82. The van der Waals surface area contributed by atoms with Crippen LogP contribution < -0.4 is 5.73 Å². The second kappa shape index (κ2) is 8.03. The molecule has 1 aromatic rings. The third-order valence-corrected chi connectivity index (χ3v) is 4.63. The fraction of sp³-hybridized carbons (Fsp3) is 0.500. The predicted octanol–water partition coefficient (Wildman–Crippen LogP) is 2.16. The van der Waals surface area contributed by atoms with Crippen LogP contribution in [0.4, 0.5) is 8.78 Å². The summed E-state index contributed by atoms with van der Waals surface area (Å²) in [4.78, 5) is 13.2. The molecule has 1 rings (SSSR count). The number of carbonyl (C=O) groups is 1. The maximum absolute atomic E-state index is 12.4. The van der Waals surface area contributed by atoms with Gasteiger partial charge in [0.2, 0.25) is 9.84 Å². The smallest absolute Gasteiger partial charge is 0.341 e. The van der Waals surface area contributed by atoms with Gasteiger partial charge in [0.05, 0.1) is 4.90 Å². The number of alkyl halides is 2. The summed E-state index contributed by atoms with van der Waals surface area (Å²) in [5.41, 5.74) is 5.58. The Morgan fingerprint density at radius 1 is 1.26 bits per heavy atom. The largest absolute Gasteiger partial charge is 0.341 e. The number of carbonyl (C=O) groups excluding carboxylic acids is 1. The van der Waals surface area contributed by atoms with Gasteiger partial charge in [-0.05, 0) is 36.2 Å². The Morgan fingerprint density at radius 3 is 2.13 bits per heavy atom. The Hall–Kier alpha value is -1.25. The monoisotopic (exact) mass is 370 g/mol. The van der Waals surface area contributed by atoms with Crippen molar-refractivity contribution in [2.75, 3.05) is 20.1 Å². The van der Waals surface area contributed by atoms with E-state index in [0.717, 1.165) is 12.1 Å². The Labute approximate surface area is 141 Å². The highest BCUT2D eigenvalue weighted by atomic mass is 35.5. The number of hydrogen-bond donors (Lipinski definition) is 1. The Kier molecular flexibility index (Phi) is 7.59. The van der Waals surface area contributed by atoms with E-state index in [0.29, 0.717) is 13.1 Å². The molecule has 0 radical (unpaired) electrons. The summed E-state index contributed by atoms with van der Waals surface area (Å²) in [7, 11) is -3.05. The molecule has 0 fully saturated rings. The lowest BCUT2D eigenvalue weighted by molar-refractivity contribution is 0.0740. The molecule has 0 saturated heterocycles. The highest BCUT2D eigenvalue weighted by Gasteiger charge is 2.27. The lowest BCUT2D eigenvalue weighted by atomic mass is 9.93. The van der Waals surface area contributed by atoms with Crippen molar-refractivity contribution >= 4 is 28.2 Å². The molecule has 1 aromatic carbocycles.